The molecule has 1 aliphatic rings. The largest absolute Gasteiger partial charge is 0.444 e. The summed E-state index contributed by atoms with van der Waals surface area (Å²) in [5, 5.41) is 0. The minimum Gasteiger partial charge on any atom is -0.444 e. The summed E-state index contributed by atoms with van der Waals surface area (Å²) in [7, 11) is 0. The van der Waals surface area contributed by atoms with Gasteiger partial charge in [0.15, 0.2) is 5.96 Å². The van der Waals surface area contributed by atoms with E-state index in [0.29, 0.717) is 31.9 Å². The van der Waals surface area contributed by atoms with Crippen LogP contribution in [-0.2, 0) is 4.74 Å². The van der Waals surface area contributed by atoms with Crippen molar-refractivity contribution in [3.63, 3.8) is 0 Å². The molecule has 0 saturated carbocycles. The quantitative estimate of drug-likeness (QED) is 0.520. The Balaban J connectivity index is 2.16. The van der Waals surface area contributed by atoms with Gasteiger partial charge in [0, 0.05) is 26.2 Å². The zero-order valence-electron chi connectivity index (χ0n) is 15.8. The number of rotatable bonds is 2. The summed E-state index contributed by atoms with van der Waals surface area (Å²) in [5.74, 6) is -0.853. The van der Waals surface area contributed by atoms with Gasteiger partial charge >= 0.3 is 6.09 Å². The third kappa shape index (κ3) is 5.73. The highest BCUT2D eigenvalue weighted by Gasteiger charge is 2.27. The van der Waals surface area contributed by atoms with Crippen molar-refractivity contribution in [2.75, 3.05) is 31.1 Å². The van der Waals surface area contributed by atoms with Crippen LogP contribution in [0, 0.1) is 5.82 Å². The van der Waals surface area contributed by atoms with Gasteiger partial charge in [-0.05, 0) is 32.9 Å². The predicted molar refractivity (Wildman–Crippen MR) is 104 cm³/mol. The Kier molecular flexibility index (Phi) is 6.09. The molecular formula is C17H26FN7O2. The Morgan fingerprint density at radius 3 is 2.33 bits per heavy atom. The van der Waals surface area contributed by atoms with E-state index >= 15 is 0 Å². The molecule has 1 heterocycles. The number of amides is 1. The first-order chi connectivity index (χ1) is 12.6. The van der Waals surface area contributed by atoms with E-state index in [1.807, 2.05) is 20.8 Å². The number of para-hydroxylation sites is 1. The monoisotopic (exact) mass is 379 g/mol. The average Bonchev–Trinajstić information content (AvgIpc) is 2.53. The second-order valence-electron chi connectivity index (χ2n) is 7.07. The average molecular weight is 379 g/mol. The van der Waals surface area contributed by atoms with E-state index in [-0.39, 0.29) is 23.7 Å². The van der Waals surface area contributed by atoms with Crippen molar-refractivity contribution >= 4 is 29.4 Å². The van der Waals surface area contributed by atoms with Gasteiger partial charge in [-0.25, -0.2) is 14.2 Å². The zero-order chi connectivity index (χ0) is 20.2. The van der Waals surface area contributed by atoms with Gasteiger partial charge in [-0.1, -0.05) is 6.07 Å². The number of ether oxygens (including phenoxy) is 1. The summed E-state index contributed by atoms with van der Waals surface area (Å²) in [5.41, 5.74) is 16.3. The number of nitrogens with zero attached hydrogens (tertiary/aromatic N) is 4. The topological polar surface area (TPSA) is 136 Å². The molecule has 0 bridgehead atoms. The molecular weight excluding hydrogens is 353 g/mol. The number of carbonyl (C=O) groups excluding carboxylic acids is 1. The first-order valence-electron chi connectivity index (χ1n) is 8.52. The van der Waals surface area contributed by atoms with Gasteiger partial charge in [-0.3, -0.25) is 0 Å². The van der Waals surface area contributed by atoms with Gasteiger partial charge in [0.1, 0.15) is 11.4 Å². The molecule has 0 aliphatic carbocycles. The Morgan fingerprint density at radius 1 is 1.15 bits per heavy atom. The Morgan fingerprint density at radius 2 is 1.78 bits per heavy atom. The number of piperazine rings is 1. The lowest BCUT2D eigenvalue weighted by Gasteiger charge is -2.37. The number of carbonyl (C=O) groups is 1. The van der Waals surface area contributed by atoms with E-state index in [1.54, 1.807) is 15.9 Å². The number of guanidine groups is 2. The van der Waals surface area contributed by atoms with E-state index in [9.17, 15) is 9.18 Å². The highest BCUT2D eigenvalue weighted by molar-refractivity contribution is 5.94. The summed E-state index contributed by atoms with van der Waals surface area (Å²) in [6.07, 6.45) is -0.383. The summed E-state index contributed by atoms with van der Waals surface area (Å²) < 4.78 is 19.9. The number of benzene rings is 1. The minimum atomic E-state index is -0.565. The molecule has 1 fully saturated rings. The van der Waals surface area contributed by atoms with Crippen molar-refractivity contribution in [3.8, 4) is 0 Å². The van der Waals surface area contributed by atoms with Crippen LogP contribution in [0.1, 0.15) is 20.8 Å². The van der Waals surface area contributed by atoms with Crippen LogP contribution in [0.5, 0.6) is 0 Å². The first kappa shape index (κ1) is 20.3. The Labute approximate surface area is 157 Å². The summed E-state index contributed by atoms with van der Waals surface area (Å²) in [4.78, 5) is 23.3. The molecule has 0 aromatic heterocycles. The van der Waals surface area contributed by atoms with Crippen LogP contribution in [0.25, 0.3) is 0 Å². The van der Waals surface area contributed by atoms with Crippen LogP contribution in [-0.4, -0.2) is 54.7 Å². The second kappa shape index (κ2) is 8.11. The van der Waals surface area contributed by atoms with Crippen LogP contribution in [0.4, 0.5) is 20.6 Å². The molecule has 6 N–H and O–H groups in total. The lowest BCUT2D eigenvalue weighted by Crippen LogP contribution is -2.50. The molecule has 2 rings (SSSR count). The fraction of sp³-hybridized carbons (Fsp3) is 0.471. The fourth-order valence-electron chi connectivity index (χ4n) is 2.63. The van der Waals surface area contributed by atoms with Crippen LogP contribution < -0.4 is 22.1 Å². The number of aliphatic imine (C=N–C) groups is 2. The number of hydrogen-bond donors (Lipinski definition) is 3. The lowest BCUT2D eigenvalue weighted by atomic mass is 10.2. The summed E-state index contributed by atoms with van der Waals surface area (Å²) in [6.45, 7) is 7.07. The number of hydrogen-bond acceptors (Lipinski definition) is 4. The predicted octanol–water partition coefficient (Wildman–Crippen LogP) is 1.10. The van der Waals surface area contributed by atoms with Crippen molar-refractivity contribution in [2.45, 2.75) is 26.4 Å². The molecule has 9 nitrogen and oxygen atoms in total. The molecule has 1 amide bonds. The Hall–Kier alpha value is -3.04. The molecule has 1 aromatic rings. The smallest absolute Gasteiger partial charge is 0.410 e. The maximum atomic E-state index is 14.5. The Bertz CT molecular complexity index is 746. The summed E-state index contributed by atoms with van der Waals surface area (Å²) in [6, 6.07) is 4.48. The standard InChI is InChI=1S/C17H26FN7O2/c1-17(2,3)27-16(26)25-9-7-24(8-10-25)13-11(18)5-4-6-12(13)22-15(21)23-14(19)20/h4-6H,7-10H2,1-3H3,(H6,19,20,21,22,23). The number of nitrogens with two attached hydrogens (primary N) is 3. The maximum Gasteiger partial charge on any atom is 0.410 e. The summed E-state index contributed by atoms with van der Waals surface area (Å²) >= 11 is 0. The van der Waals surface area contributed by atoms with Crippen LogP contribution in [0.2, 0.25) is 0 Å². The van der Waals surface area contributed by atoms with Crippen molar-refractivity contribution in [1.29, 1.82) is 0 Å². The lowest BCUT2D eigenvalue weighted by molar-refractivity contribution is 0.0240. The van der Waals surface area contributed by atoms with Crippen molar-refractivity contribution < 1.29 is 13.9 Å². The molecule has 0 radical (unpaired) electrons. The van der Waals surface area contributed by atoms with Crippen molar-refractivity contribution in [1.82, 2.24) is 4.90 Å². The van der Waals surface area contributed by atoms with Gasteiger partial charge in [0.05, 0.1) is 11.4 Å². The third-order valence-corrected chi connectivity index (χ3v) is 3.69. The molecule has 0 unspecified atom stereocenters. The van der Waals surface area contributed by atoms with E-state index < -0.39 is 11.4 Å². The van der Waals surface area contributed by atoms with Crippen LogP contribution in [0.3, 0.4) is 0 Å². The minimum absolute atomic E-state index is 0.172. The van der Waals surface area contributed by atoms with Gasteiger partial charge in [-0.2, -0.15) is 4.99 Å². The van der Waals surface area contributed by atoms with Gasteiger partial charge in [0.25, 0.3) is 0 Å². The second-order valence-corrected chi connectivity index (χ2v) is 7.07. The van der Waals surface area contributed by atoms with E-state index in [1.165, 1.54) is 12.1 Å². The zero-order valence-corrected chi connectivity index (χ0v) is 15.8. The van der Waals surface area contributed by atoms with Gasteiger partial charge < -0.3 is 31.7 Å². The molecule has 1 aromatic carbocycles. The number of anilines is 1. The van der Waals surface area contributed by atoms with Gasteiger partial charge in [0.2, 0.25) is 5.96 Å². The molecule has 148 valence electrons. The maximum absolute atomic E-state index is 14.5. The van der Waals surface area contributed by atoms with Gasteiger partial charge in [-0.15, -0.1) is 0 Å². The van der Waals surface area contributed by atoms with Crippen LogP contribution >= 0.6 is 0 Å². The normalized spacial score (nSPS) is 15.5. The molecule has 1 saturated heterocycles. The molecule has 1 aliphatic heterocycles. The fourth-order valence-corrected chi connectivity index (χ4v) is 2.63. The molecule has 0 spiro atoms. The van der Waals surface area contributed by atoms with E-state index in [4.69, 9.17) is 21.9 Å². The number of halogens is 1. The molecule has 27 heavy (non-hydrogen) atoms. The SMILES string of the molecule is CC(C)(C)OC(=O)N1CCN(c2c(F)cccc2N=C(N)N=C(N)N)CC1. The van der Waals surface area contributed by atoms with Crippen molar-refractivity contribution in [3.05, 3.63) is 24.0 Å². The highest BCUT2D eigenvalue weighted by Crippen LogP contribution is 2.32. The third-order valence-electron chi connectivity index (χ3n) is 3.69. The molecule has 0 atom stereocenters. The van der Waals surface area contributed by atoms with E-state index in [0.717, 1.165) is 0 Å². The first-order valence-corrected chi connectivity index (χ1v) is 8.52. The highest BCUT2D eigenvalue weighted by atomic mass is 19.1. The van der Waals surface area contributed by atoms with Crippen LogP contribution in [0.15, 0.2) is 28.2 Å². The van der Waals surface area contributed by atoms with Crippen molar-refractivity contribution in [2.24, 2.45) is 27.2 Å². The van der Waals surface area contributed by atoms with E-state index in [2.05, 4.69) is 9.98 Å². The molecule has 10 heteroatoms.